The molecule has 0 amide bonds. The van der Waals surface area contributed by atoms with Crippen LogP contribution in [0.1, 0.15) is 20.8 Å². The van der Waals surface area contributed by atoms with Gasteiger partial charge in [-0.2, -0.15) is 5.10 Å². The van der Waals surface area contributed by atoms with Crippen LogP contribution in [0.5, 0.6) is 0 Å². The van der Waals surface area contributed by atoms with Crippen molar-refractivity contribution in [1.29, 1.82) is 0 Å². The van der Waals surface area contributed by atoms with Gasteiger partial charge >= 0.3 is 0 Å². The summed E-state index contributed by atoms with van der Waals surface area (Å²) >= 11 is 0. The second kappa shape index (κ2) is 4.97. The van der Waals surface area contributed by atoms with Gasteiger partial charge in [0.05, 0.1) is 0 Å². The Morgan fingerprint density at radius 1 is 1.38 bits per heavy atom. The lowest BCUT2D eigenvalue weighted by Gasteiger charge is -2.14. The monoisotopic (exact) mass is 182 g/mol. The van der Waals surface area contributed by atoms with Gasteiger partial charge in [-0.05, 0) is 12.5 Å². The Bertz CT molecular complexity index is 218. The molecule has 0 aliphatic heterocycles. The van der Waals surface area contributed by atoms with Crippen molar-refractivity contribution in [3.8, 4) is 0 Å². The molecule has 4 nitrogen and oxygen atoms in total. The van der Waals surface area contributed by atoms with Crippen molar-refractivity contribution < 1.29 is 0 Å². The van der Waals surface area contributed by atoms with Crippen LogP contribution in [0.3, 0.4) is 0 Å². The molecule has 0 aromatic carbocycles. The van der Waals surface area contributed by atoms with Gasteiger partial charge in [0.15, 0.2) is 0 Å². The van der Waals surface area contributed by atoms with Gasteiger partial charge in [-0.1, -0.05) is 20.8 Å². The number of nitrogens with one attached hydrogen (secondary N) is 1. The molecule has 0 bridgehead atoms. The van der Waals surface area contributed by atoms with Crippen LogP contribution < -0.4 is 5.32 Å². The Kier molecular flexibility index (Phi) is 3.89. The number of nitrogens with zero attached hydrogens (tertiary/aromatic N) is 3. The highest BCUT2D eigenvalue weighted by molar-refractivity contribution is 4.63. The number of rotatable bonds is 5. The molecule has 0 fully saturated rings. The van der Waals surface area contributed by atoms with E-state index in [1.165, 1.54) is 0 Å². The lowest BCUT2D eigenvalue weighted by Crippen LogP contribution is -2.29. The smallest absolute Gasteiger partial charge is 0.137 e. The van der Waals surface area contributed by atoms with E-state index in [-0.39, 0.29) is 0 Å². The minimum atomic E-state index is 0.554. The van der Waals surface area contributed by atoms with Gasteiger partial charge in [-0.25, -0.2) is 4.98 Å². The molecule has 4 heteroatoms. The highest BCUT2D eigenvalue weighted by Gasteiger charge is 2.03. The molecule has 1 N–H and O–H groups in total. The third-order valence-corrected chi connectivity index (χ3v) is 1.84. The van der Waals surface area contributed by atoms with Gasteiger partial charge in [-0.3, -0.25) is 4.68 Å². The maximum absolute atomic E-state index is 4.06. The van der Waals surface area contributed by atoms with Crippen LogP contribution >= 0.6 is 0 Å². The molecule has 13 heavy (non-hydrogen) atoms. The predicted molar refractivity (Wildman–Crippen MR) is 52.3 cm³/mol. The van der Waals surface area contributed by atoms with Gasteiger partial charge in [0, 0.05) is 12.6 Å². The summed E-state index contributed by atoms with van der Waals surface area (Å²) in [6.45, 7) is 8.47. The van der Waals surface area contributed by atoms with Crippen molar-refractivity contribution in [1.82, 2.24) is 20.1 Å². The largest absolute Gasteiger partial charge is 0.314 e. The molecule has 0 radical (unpaired) electrons. The first kappa shape index (κ1) is 10.2. The second-order valence-corrected chi connectivity index (χ2v) is 3.79. The molecule has 0 aliphatic rings. The van der Waals surface area contributed by atoms with E-state index < -0.39 is 0 Å². The zero-order valence-corrected chi connectivity index (χ0v) is 8.57. The van der Waals surface area contributed by atoms with Gasteiger partial charge in [-0.15, -0.1) is 0 Å². The Morgan fingerprint density at radius 2 is 2.15 bits per heavy atom. The van der Waals surface area contributed by atoms with Gasteiger partial charge in [0.2, 0.25) is 0 Å². The summed E-state index contributed by atoms with van der Waals surface area (Å²) in [7, 11) is 0. The molecule has 1 unspecified atom stereocenters. The predicted octanol–water partition coefficient (Wildman–Crippen LogP) is 0.912. The lowest BCUT2D eigenvalue weighted by atomic mass is 10.2. The van der Waals surface area contributed by atoms with E-state index in [4.69, 9.17) is 0 Å². The molecular weight excluding hydrogens is 164 g/mol. The fraction of sp³-hybridized carbons (Fsp3) is 0.778. The Morgan fingerprint density at radius 3 is 2.69 bits per heavy atom. The van der Waals surface area contributed by atoms with Crippen molar-refractivity contribution in [2.75, 3.05) is 6.54 Å². The van der Waals surface area contributed by atoms with Gasteiger partial charge in [0.1, 0.15) is 12.7 Å². The minimum Gasteiger partial charge on any atom is -0.314 e. The highest BCUT2D eigenvalue weighted by Crippen LogP contribution is 1.97. The zero-order valence-electron chi connectivity index (χ0n) is 8.57. The minimum absolute atomic E-state index is 0.554. The number of hydrogen-bond donors (Lipinski definition) is 1. The molecule has 1 heterocycles. The fourth-order valence-corrected chi connectivity index (χ4v) is 1.15. The first-order valence-electron chi connectivity index (χ1n) is 4.74. The van der Waals surface area contributed by atoms with E-state index in [1.54, 1.807) is 12.7 Å². The molecular formula is C9H18N4. The summed E-state index contributed by atoms with van der Waals surface area (Å²) in [5.41, 5.74) is 0. The maximum atomic E-state index is 4.06. The Labute approximate surface area is 79.4 Å². The van der Waals surface area contributed by atoms with Crippen LogP contribution in [-0.4, -0.2) is 27.4 Å². The average molecular weight is 182 g/mol. The third-order valence-electron chi connectivity index (χ3n) is 1.84. The first-order chi connectivity index (χ1) is 6.18. The van der Waals surface area contributed by atoms with Crippen LogP contribution in [0.2, 0.25) is 0 Å². The van der Waals surface area contributed by atoms with Crippen molar-refractivity contribution >= 4 is 0 Å². The summed E-state index contributed by atoms with van der Waals surface area (Å²) in [4.78, 5) is 3.90. The third kappa shape index (κ3) is 4.03. The van der Waals surface area contributed by atoms with Crippen molar-refractivity contribution in [3.63, 3.8) is 0 Å². The number of aromatic nitrogens is 3. The molecule has 1 rings (SSSR count). The van der Waals surface area contributed by atoms with Crippen molar-refractivity contribution in [3.05, 3.63) is 12.7 Å². The Hall–Kier alpha value is -0.900. The molecule has 0 saturated carbocycles. The summed E-state index contributed by atoms with van der Waals surface area (Å²) in [6.07, 6.45) is 3.33. The van der Waals surface area contributed by atoms with Gasteiger partial charge < -0.3 is 5.32 Å². The molecule has 1 atom stereocenters. The van der Waals surface area contributed by atoms with Gasteiger partial charge in [0.25, 0.3) is 0 Å². The molecule has 74 valence electrons. The van der Waals surface area contributed by atoms with E-state index in [2.05, 4.69) is 36.2 Å². The summed E-state index contributed by atoms with van der Waals surface area (Å²) < 4.78 is 1.87. The van der Waals surface area contributed by atoms with E-state index >= 15 is 0 Å². The first-order valence-corrected chi connectivity index (χ1v) is 4.74. The number of hydrogen-bond acceptors (Lipinski definition) is 3. The molecule has 0 spiro atoms. The second-order valence-electron chi connectivity index (χ2n) is 3.79. The van der Waals surface area contributed by atoms with E-state index in [0.29, 0.717) is 12.0 Å². The summed E-state index contributed by atoms with van der Waals surface area (Å²) in [5.74, 6) is 0.587. The van der Waals surface area contributed by atoms with E-state index in [1.807, 2.05) is 4.68 Å². The topological polar surface area (TPSA) is 42.7 Å². The molecule has 0 aliphatic carbocycles. The SMILES string of the molecule is CC(CNC(C)C)Cn1cncn1. The maximum Gasteiger partial charge on any atom is 0.137 e. The van der Waals surface area contributed by atoms with Crippen molar-refractivity contribution in [2.45, 2.75) is 33.4 Å². The van der Waals surface area contributed by atoms with Crippen LogP contribution in [0.25, 0.3) is 0 Å². The molecule has 1 aromatic heterocycles. The van der Waals surface area contributed by atoms with Crippen LogP contribution in [-0.2, 0) is 6.54 Å². The lowest BCUT2D eigenvalue weighted by molar-refractivity contribution is 0.406. The van der Waals surface area contributed by atoms with Crippen LogP contribution in [0.4, 0.5) is 0 Å². The normalized spacial score (nSPS) is 13.5. The zero-order chi connectivity index (χ0) is 9.68. The fourth-order valence-electron chi connectivity index (χ4n) is 1.15. The molecule has 1 aromatic rings. The van der Waals surface area contributed by atoms with Crippen molar-refractivity contribution in [2.24, 2.45) is 5.92 Å². The Balaban J connectivity index is 2.22. The van der Waals surface area contributed by atoms with E-state index in [9.17, 15) is 0 Å². The summed E-state index contributed by atoms with van der Waals surface area (Å²) in [5, 5.41) is 7.46. The highest BCUT2D eigenvalue weighted by atomic mass is 15.3. The van der Waals surface area contributed by atoms with E-state index in [0.717, 1.165) is 13.1 Å². The van der Waals surface area contributed by atoms with Crippen LogP contribution in [0, 0.1) is 5.92 Å². The standard InChI is InChI=1S/C9H18N4/c1-8(2)11-4-9(3)5-13-7-10-6-12-13/h6-9,11H,4-5H2,1-3H3. The quantitative estimate of drug-likeness (QED) is 0.736. The average Bonchev–Trinajstić information content (AvgIpc) is 2.53. The summed E-state index contributed by atoms with van der Waals surface area (Å²) in [6, 6.07) is 0.554. The molecule has 0 saturated heterocycles. The van der Waals surface area contributed by atoms with Crippen LogP contribution in [0.15, 0.2) is 12.7 Å².